The number of para-hydroxylation sites is 1. The predicted molar refractivity (Wildman–Crippen MR) is 93.1 cm³/mol. The van der Waals surface area contributed by atoms with Crippen molar-refractivity contribution in [2.75, 3.05) is 24.8 Å². The van der Waals surface area contributed by atoms with Gasteiger partial charge in [0.05, 0.1) is 24.1 Å². The minimum absolute atomic E-state index is 0.0744. The zero-order chi connectivity index (χ0) is 16.8. The monoisotopic (exact) mass is 329 g/mol. The largest absolute Gasteiger partial charge is 0.465 e. The Morgan fingerprint density at radius 3 is 2.43 bits per heavy atom. The first-order valence-corrected chi connectivity index (χ1v) is 8.15. The number of anilines is 1. The summed E-state index contributed by atoms with van der Waals surface area (Å²) in [7, 11) is 3.00. The molecule has 0 saturated heterocycles. The van der Waals surface area contributed by atoms with E-state index in [0.29, 0.717) is 17.0 Å². The summed E-state index contributed by atoms with van der Waals surface area (Å²) >= 11 is 1.49. The Morgan fingerprint density at radius 2 is 1.74 bits per heavy atom. The van der Waals surface area contributed by atoms with Gasteiger partial charge in [0.25, 0.3) is 0 Å². The maximum absolute atomic E-state index is 12.4. The molecule has 1 amide bonds. The molecule has 2 aromatic carbocycles. The maximum atomic E-state index is 12.4. The number of hydrogen-bond acceptors (Lipinski definition) is 4. The Balaban J connectivity index is 2.11. The standard InChI is InChI=1S/C18H19NO3S/c1-13-8-4-7-11-16(13)23-12-17(20)19(2)15-10-6-5-9-14(15)18(21)22-3/h4-11H,12H2,1-3H3. The minimum atomic E-state index is -0.452. The quantitative estimate of drug-likeness (QED) is 0.622. The molecule has 0 aliphatic carbocycles. The second kappa shape index (κ2) is 7.83. The van der Waals surface area contributed by atoms with E-state index in [1.165, 1.54) is 23.8 Å². The van der Waals surface area contributed by atoms with E-state index in [1.54, 1.807) is 31.3 Å². The van der Waals surface area contributed by atoms with Crippen LogP contribution in [0, 0.1) is 6.92 Å². The van der Waals surface area contributed by atoms with E-state index in [0.717, 1.165) is 10.5 Å². The third-order valence-electron chi connectivity index (χ3n) is 3.49. The van der Waals surface area contributed by atoms with E-state index in [2.05, 4.69) is 0 Å². The van der Waals surface area contributed by atoms with Crippen LogP contribution in [0.4, 0.5) is 5.69 Å². The molecule has 0 saturated carbocycles. The van der Waals surface area contributed by atoms with Gasteiger partial charge >= 0.3 is 5.97 Å². The molecule has 4 nitrogen and oxygen atoms in total. The summed E-state index contributed by atoms with van der Waals surface area (Å²) in [6, 6.07) is 14.9. The zero-order valence-electron chi connectivity index (χ0n) is 13.4. The lowest BCUT2D eigenvalue weighted by molar-refractivity contribution is -0.115. The molecule has 23 heavy (non-hydrogen) atoms. The van der Waals surface area contributed by atoms with Crippen LogP contribution in [0.1, 0.15) is 15.9 Å². The molecule has 0 fully saturated rings. The summed E-state index contributed by atoms with van der Waals surface area (Å²) in [5.74, 6) is -0.224. The number of carbonyl (C=O) groups excluding carboxylic acids is 2. The molecule has 0 N–H and O–H groups in total. The highest BCUT2D eigenvalue weighted by atomic mass is 32.2. The lowest BCUT2D eigenvalue weighted by Crippen LogP contribution is -2.29. The second-order valence-corrected chi connectivity index (χ2v) is 6.03. The molecular weight excluding hydrogens is 310 g/mol. The van der Waals surface area contributed by atoms with Crippen molar-refractivity contribution in [3.8, 4) is 0 Å². The Hall–Kier alpha value is -2.27. The fourth-order valence-corrected chi connectivity index (χ4v) is 3.08. The van der Waals surface area contributed by atoms with Gasteiger partial charge in [0, 0.05) is 11.9 Å². The number of ether oxygens (including phenoxy) is 1. The number of rotatable bonds is 5. The summed E-state index contributed by atoms with van der Waals surface area (Å²) in [5, 5.41) is 0. The van der Waals surface area contributed by atoms with Crippen molar-refractivity contribution in [2.24, 2.45) is 0 Å². The second-order valence-electron chi connectivity index (χ2n) is 5.02. The van der Waals surface area contributed by atoms with Crippen LogP contribution in [0.15, 0.2) is 53.4 Å². The molecule has 5 heteroatoms. The first-order chi connectivity index (χ1) is 11.0. The Labute approximate surface area is 140 Å². The van der Waals surface area contributed by atoms with E-state index in [4.69, 9.17) is 4.74 Å². The van der Waals surface area contributed by atoms with E-state index in [-0.39, 0.29) is 5.91 Å². The molecule has 2 rings (SSSR count). The van der Waals surface area contributed by atoms with E-state index >= 15 is 0 Å². The molecule has 0 atom stereocenters. The summed E-state index contributed by atoms with van der Waals surface area (Å²) < 4.78 is 4.77. The highest BCUT2D eigenvalue weighted by Gasteiger charge is 2.18. The molecule has 0 unspecified atom stereocenters. The van der Waals surface area contributed by atoms with Crippen molar-refractivity contribution < 1.29 is 14.3 Å². The lowest BCUT2D eigenvalue weighted by atomic mass is 10.1. The van der Waals surface area contributed by atoms with Crippen molar-refractivity contribution >= 4 is 29.3 Å². The van der Waals surface area contributed by atoms with Crippen molar-refractivity contribution in [1.29, 1.82) is 0 Å². The maximum Gasteiger partial charge on any atom is 0.339 e. The smallest absolute Gasteiger partial charge is 0.339 e. The number of esters is 1. The number of thioether (sulfide) groups is 1. The van der Waals surface area contributed by atoms with Crippen molar-refractivity contribution in [3.05, 3.63) is 59.7 Å². The fraction of sp³-hybridized carbons (Fsp3) is 0.222. The van der Waals surface area contributed by atoms with Crippen LogP contribution in [0.3, 0.4) is 0 Å². The number of benzene rings is 2. The summed E-state index contributed by atoms with van der Waals surface area (Å²) in [6.07, 6.45) is 0. The molecule has 120 valence electrons. The molecule has 0 aliphatic heterocycles. The number of methoxy groups -OCH3 is 1. The average molecular weight is 329 g/mol. The summed E-state index contributed by atoms with van der Waals surface area (Å²) in [6.45, 7) is 2.02. The van der Waals surface area contributed by atoms with Crippen LogP contribution in [0.25, 0.3) is 0 Å². The third-order valence-corrected chi connectivity index (χ3v) is 4.65. The molecule has 0 spiro atoms. The lowest BCUT2D eigenvalue weighted by Gasteiger charge is -2.19. The number of aryl methyl sites for hydroxylation is 1. The van der Waals surface area contributed by atoms with Gasteiger partial charge in [-0.15, -0.1) is 11.8 Å². The first-order valence-electron chi connectivity index (χ1n) is 7.17. The highest BCUT2D eigenvalue weighted by molar-refractivity contribution is 8.00. The van der Waals surface area contributed by atoms with Gasteiger partial charge in [0.15, 0.2) is 0 Å². The Bertz CT molecular complexity index is 715. The van der Waals surface area contributed by atoms with Crippen LogP contribution in [0.5, 0.6) is 0 Å². The van der Waals surface area contributed by atoms with Gasteiger partial charge in [-0.3, -0.25) is 4.79 Å². The predicted octanol–water partition coefficient (Wildman–Crippen LogP) is 3.54. The Morgan fingerprint density at radius 1 is 1.09 bits per heavy atom. The van der Waals surface area contributed by atoms with Crippen LogP contribution >= 0.6 is 11.8 Å². The van der Waals surface area contributed by atoms with Crippen LogP contribution in [0.2, 0.25) is 0 Å². The summed E-state index contributed by atoms with van der Waals surface area (Å²) in [4.78, 5) is 26.8. The molecule has 0 bridgehead atoms. The topological polar surface area (TPSA) is 46.6 Å². The molecule has 0 radical (unpaired) electrons. The molecule has 2 aromatic rings. The van der Waals surface area contributed by atoms with Crippen molar-refractivity contribution in [2.45, 2.75) is 11.8 Å². The van der Waals surface area contributed by atoms with Crippen LogP contribution in [-0.4, -0.2) is 31.8 Å². The highest BCUT2D eigenvalue weighted by Crippen LogP contribution is 2.24. The normalized spacial score (nSPS) is 10.2. The average Bonchev–Trinajstić information content (AvgIpc) is 2.59. The number of carbonyl (C=O) groups is 2. The van der Waals surface area contributed by atoms with Crippen molar-refractivity contribution in [3.63, 3.8) is 0 Å². The van der Waals surface area contributed by atoms with E-state index in [9.17, 15) is 9.59 Å². The van der Waals surface area contributed by atoms with Gasteiger partial charge in [-0.1, -0.05) is 30.3 Å². The van der Waals surface area contributed by atoms with Gasteiger partial charge < -0.3 is 9.64 Å². The molecule has 0 aromatic heterocycles. The van der Waals surface area contributed by atoms with Gasteiger partial charge in [0.2, 0.25) is 5.91 Å². The molecular formula is C18H19NO3S. The van der Waals surface area contributed by atoms with E-state index < -0.39 is 5.97 Å². The van der Waals surface area contributed by atoms with Crippen LogP contribution < -0.4 is 4.90 Å². The Kier molecular flexibility index (Phi) is 5.82. The molecule has 0 heterocycles. The van der Waals surface area contributed by atoms with Gasteiger partial charge in [-0.05, 0) is 30.7 Å². The van der Waals surface area contributed by atoms with Gasteiger partial charge in [-0.2, -0.15) is 0 Å². The minimum Gasteiger partial charge on any atom is -0.465 e. The molecule has 0 aliphatic rings. The van der Waals surface area contributed by atoms with Crippen LogP contribution in [-0.2, 0) is 9.53 Å². The van der Waals surface area contributed by atoms with E-state index in [1.807, 2.05) is 31.2 Å². The van der Waals surface area contributed by atoms with Crippen molar-refractivity contribution in [1.82, 2.24) is 0 Å². The number of amides is 1. The summed E-state index contributed by atoms with van der Waals surface area (Å²) in [5.41, 5.74) is 2.07. The van der Waals surface area contributed by atoms with Gasteiger partial charge in [-0.25, -0.2) is 4.79 Å². The zero-order valence-corrected chi connectivity index (χ0v) is 14.2. The number of hydrogen-bond donors (Lipinski definition) is 0. The SMILES string of the molecule is COC(=O)c1ccccc1N(C)C(=O)CSc1ccccc1C. The van der Waals surface area contributed by atoms with Gasteiger partial charge in [0.1, 0.15) is 0 Å². The first kappa shape index (κ1) is 17.1. The third kappa shape index (κ3) is 4.13. The number of nitrogens with zero attached hydrogens (tertiary/aromatic N) is 1. The fourth-order valence-electron chi connectivity index (χ4n) is 2.14.